The molecule has 0 aliphatic heterocycles. The molecule has 128 valence electrons. The summed E-state index contributed by atoms with van der Waals surface area (Å²) in [6, 6.07) is 4.00. The number of hydrogen-bond acceptors (Lipinski definition) is 6. The Hall–Kier alpha value is -2.27. The van der Waals surface area contributed by atoms with Crippen LogP contribution in [-0.4, -0.2) is 32.0 Å². The Morgan fingerprint density at radius 1 is 1.54 bits per heavy atom. The third-order valence-electron chi connectivity index (χ3n) is 4.05. The van der Waals surface area contributed by atoms with Crippen LogP contribution in [0.5, 0.6) is 0 Å². The lowest BCUT2D eigenvalue weighted by molar-refractivity contribution is -0.120. The molecule has 7 nitrogen and oxygen atoms in total. The van der Waals surface area contributed by atoms with Gasteiger partial charge >= 0.3 is 0 Å². The molecule has 2 heterocycles. The van der Waals surface area contributed by atoms with Crippen LogP contribution in [0.25, 0.3) is 11.4 Å². The smallest absolute Gasteiger partial charge is 0.231 e. The Bertz CT molecular complexity index is 774. The highest BCUT2D eigenvalue weighted by Gasteiger charge is 2.30. The van der Waals surface area contributed by atoms with Crippen LogP contribution in [0.15, 0.2) is 21.9 Å². The molecule has 1 amide bonds. The molecule has 0 saturated carbocycles. The first-order valence-corrected chi connectivity index (χ1v) is 8.56. The Morgan fingerprint density at radius 2 is 2.25 bits per heavy atom. The summed E-state index contributed by atoms with van der Waals surface area (Å²) in [4.78, 5) is 12.1. The molecule has 0 aliphatic carbocycles. The van der Waals surface area contributed by atoms with Gasteiger partial charge in [0.25, 0.3) is 0 Å². The molecule has 1 unspecified atom stereocenters. The van der Waals surface area contributed by atoms with Gasteiger partial charge in [-0.2, -0.15) is 5.26 Å². The van der Waals surface area contributed by atoms with Crippen LogP contribution in [0.3, 0.4) is 0 Å². The second-order valence-electron chi connectivity index (χ2n) is 6.06. The molecule has 1 atom stereocenters. The van der Waals surface area contributed by atoms with Crippen LogP contribution in [-0.2, 0) is 11.8 Å². The second kappa shape index (κ2) is 7.09. The van der Waals surface area contributed by atoms with Gasteiger partial charge in [0, 0.05) is 7.05 Å². The third-order valence-corrected chi connectivity index (χ3v) is 5.07. The van der Waals surface area contributed by atoms with Crippen LogP contribution in [0.1, 0.15) is 26.5 Å². The van der Waals surface area contributed by atoms with Crippen LogP contribution in [0.4, 0.5) is 0 Å². The summed E-state index contributed by atoms with van der Waals surface area (Å²) in [5, 5.41) is 21.0. The molecule has 0 saturated heterocycles. The maximum Gasteiger partial charge on any atom is 0.231 e. The van der Waals surface area contributed by atoms with Crippen molar-refractivity contribution in [1.29, 1.82) is 5.26 Å². The molecule has 0 aliphatic rings. The van der Waals surface area contributed by atoms with Crippen molar-refractivity contribution in [3.63, 3.8) is 0 Å². The number of rotatable bonds is 6. The monoisotopic (exact) mass is 347 g/mol. The number of carbonyl (C=O) groups excluding carboxylic acids is 1. The molecule has 0 bridgehead atoms. The highest BCUT2D eigenvalue weighted by Crippen LogP contribution is 2.26. The van der Waals surface area contributed by atoms with E-state index in [1.807, 2.05) is 38.5 Å². The fraction of sp³-hybridized carbons (Fsp3) is 0.500. The number of amides is 1. The van der Waals surface area contributed by atoms with Gasteiger partial charge in [-0.15, -0.1) is 10.2 Å². The lowest BCUT2D eigenvalue weighted by atomic mass is 9.90. The van der Waals surface area contributed by atoms with E-state index in [2.05, 4.69) is 21.6 Å². The summed E-state index contributed by atoms with van der Waals surface area (Å²) in [7, 11) is 1.84. The van der Waals surface area contributed by atoms with E-state index in [1.165, 1.54) is 11.8 Å². The van der Waals surface area contributed by atoms with Gasteiger partial charge in [-0.1, -0.05) is 25.6 Å². The number of carbonyl (C=O) groups is 1. The molecule has 2 aromatic rings. The van der Waals surface area contributed by atoms with Crippen molar-refractivity contribution in [2.45, 2.75) is 38.4 Å². The molecule has 0 fully saturated rings. The standard InChI is InChI=1S/C16H21N5O2S/c1-10(2)16(4,9-17)18-13(22)8-24-15-20-19-14(21(15)5)12-6-7-23-11(12)3/h6-7,10H,8H2,1-5H3,(H,18,22). The first-order chi connectivity index (χ1) is 11.3. The molecule has 0 radical (unpaired) electrons. The summed E-state index contributed by atoms with van der Waals surface area (Å²) in [6.45, 7) is 7.39. The van der Waals surface area contributed by atoms with Crippen molar-refractivity contribution in [3.05, 3.63) is 18.1 Å². The van der Waals surface area contributed by atoms with Gasteiger partial charge in [-0.3, -0.25) is 4.79 Å². The number of nitrogens with one attached hydrogen (secondary N) is 1. The maximum atomic E-state index is 12.1. The van der Waals surface area contributed by atoms with E-state index in [9.17, 15) is 10.1 Å². The quantitative estimate of drug-likeness (QED) is 0.807. The molecular formula is C16H21N5O2S. The van der Waals surface area contributed by atoms with Crippen LogP contribution >= 0.6 is 11.8 Å². The Kier molecular flexibility index (Phi) is 5.34. The fourth-order valence-corrected chi connectivity index (χ4v) is 2.76. The lowest BCUT2D eigenvalue weighted by Crippen LogP contribution is -2.49. The van der Waals surface area contributed by atoms with Gasteiger partial charge < -0.3 is 14.3 Å². The van der Waals surface area contributed by atoms with Crippen molar-refractivity contribution < 1.29 is 9.21 Å². The van der Waals surface area contributed by atoms with Crippen LogP contribution in [0.2, 0.25) is 0 Å². The number of thioether (sulfide) groups is 1. The molecule has 0 spiro atoms. The number of furan rings is 1. The van der Waals surface area contributed by atoms with Crippen LogP contribution < -0.4 is 5.32 Å². The highest BCUT2D eigenvalue weighted by atomic mass is 32.2. The fourth-order valence-electron chi connectivity index (χ4n) is 2.05. The van der Waals surface area contributed by atoms with Gasteiger partial charge in [-0.05, 0) is 25.8 Å². The zero-order chi connectivity index (χ0) is 17.9. The average Bonchev–Trinajstić information content (AvgIpc) is 3.10. The van der Waals surface area contributed by atoms with Gasteiger partial charge in [0.05, 0.1) is 23.6 Å². The van der Waals surface area contributed by atoms with Crippen molar-refractivity contribution in [1.82, 2.24) is 20.1 Å². The Balaban J connectivity index is 2.03. The van der Waals surface area contributed by atoms with Crippen molar-refractivity contribution in [3.8, 4) is 17.5 Å². The van der Waals surface area contributed by atoms with Crippen molar-refractivity contribution in [2.24, 2.45) is 13.0 Å². The largest absolute Gasteiger partial charge is 0.469 e. The predicted octanol–water partition coefficient (Wildman–Crippen LogP) is 2.53. The van der Waals surface area contributed by atoms with E-state index in [-0.39, 0.29) is 17.6 Å². The zero-order valence-electron chi connectivity index (χ0n) is 14.5. The first kappa shape index (κ1) is 18.1. The number of nitriles is 1. The van der Waals surface area contributed by atoms with Gasteiger partial charge in [-0.25, -0.2) is 0 Å². The summed E-state index contributed by atoms with van der Waals surface area (Å²) in [6.07, 6.45) is 1.61. The van der Waals surface area contributed by atoms with Crippen molar-refractivity contribution >= 4 is 17.7 Å². The highest BCUT2D eigenvalue weighted by molar-refractivity contribution is 7.99. The number of aryl methyl sites for hydroxylation is 1. The molecule has 2 aromatic heterocycles. The van der Waals surface area contributed by atoms with Crippen molar-refractivity contribution in [2.75, 3.05) is 5.75 Å². The second-order valence-corrected chi connectivity index (χ2v) is 7.00. The lowest BCUT2D eigenvalue weighted by Gasteiger charge is -2.27. The summed E-state index contributed by atoms with van der Waals surface area (Å²) in [5.74, 6) is 1.43. The van der Waals surface area contributed by atoms with Gasteiger partial charge in [0.15, 0.2) is 11.0 Å². The SMILES string of the molecule is Cc1occc1-c1nnc(SCC(=O)NC(C)(C#N)C(C)C)n1C. The minimum atomic E-state index is -0.878. The molecule has 8 heteroatoms. The Morgan fingerprint density at radius 3 is 2.79 bits per heavy atom. The Labute approximate surface area is 145 Å². The topological polar surface area (TPSA) is 96.7 Å². The minimum absolute atomic E-state index is 0.0157. The van der Waals surface area contributed by atoms with E-state index in [1.54, 1.807) is 13.2 Å². The average molecular weight is 347 g/mol. The normalized spacial score (nSPS) is 13.5. The number of hydrogen-bond donors (Lipinski definition) is 1. The summed E-state index contributed by atoms with van der Waals surface area (Å²) in [5.41, 5.74) is -0.00508. The summed E-state index contributed by atoms with van der Waals surface area (Å²) >= 11 is 1.28. The predicted molar refractivity (Wildman–Crippen MR) is 91.2 cm³/mol. The molecule has 24 heavy (non-hydrogen) atoms. The van der Waals surface area contributed by atoms with Gasteiger partial charge in [0.2, 0.25) is 5.91 Å². The number of nitrogens with zero attached hydrogens (tertiary/aromatic N) is 4. The zero-order valence-corrected chi connectivity index (χ0v) is 15.3. The van der Waals surface area contributed by atoms with E-state index in [0.717, 1.165) is 11.3 Å². The van der Waals surface area contributed by atoms with E-state index in [0.29, 0.717) is 11.0 Å². The van der Waals surface area contributed by atoms with E-state index >= 15 is 0 Å². The molecule has 1 N–H and O–H groups in total. The molecule has 2 rings (SSSR count). The maximum absolute atomic E-state index is 12.1. The minimum Gasteiger partial charge on any atom is -0.469 e. The third kappa shape index (κ3) is 3.62. The summed E-state index contributed by atoms with van der Waals surface area (Å²) < 4.78 is 7.11. The van der Waals surface area contributed by atoms with Gasteiger partial charge in [0.1, 0.15) is 11.3 Å². The van der Waals surface area contributed by atoms with Crippen LogP contribution in [0, 0.1) is 24.2 Å². The van der Waals surface area contributed by atoms with E-state index < -0.39 is 5.54 Å². The number of aromatic nitrogens is 3. The van der Waals surface area contributed by atoms with E-state index in [4.69, 9.17) is 4.42 Å². The molecular weight excluding hydrogens is 326 g/mol. The first-order valence-electron chi connectivity index (χ1n) is 7.57. The molecule has 0 aromatic carbocycles.